The van der Waals surface area contributed by atoms with E-state index in [0.717, 1.165) is 19.3 Å². The lowest BCUT2D eigenvalue weighted by molar-refractivity contribution is -0.122. The first-order valence-electron chi connectivity index (χ1n) is 7.05. The molecule has 17 heavy (non-hydrogen) atoms. The van der Waals surface area contributed by atoms with Gasteiger partial charge < -0.3 is 0 Å². The quantitative estimate of drug-likeness (QED) is 0.444. The summed E-state index contributed by atoms with van der Waals surface area (Å²) in [5.74, 6) is 7.50. The fourth-order valence-corrected chi connectivity index (χ4v) is 1.61. The van der Waals surface area contributed by atoms with Crippen LogP contribution < -0.4 is 0 Å². The highest BCUT2D eigenvalue weighted by atomic mass is 16.1. The lowest BCUT2D eigenvalue weighted by atomic mass is 10.0. The highest BCUT2D eigenvalue weighted by molar-refractivity contribution is 5.80. The Balaban J connectivity index is 3.26. The van der Waals surface area contributed by atoms with E-state index < -0.39 is 0 Å². The number of carbonyl (C=O) groups excluding carboxylic acids is 1. The maximum Gasteiger partial charge on any atom is 0.135 e. The maximum absolute atomic E-state index is 11.4. The highest BCUT2D eigenvalue weighted by Gasteiger charge is 2.05. The molecule has 0 aliphatic carbocycles. The standard InChI is InChI=1S/C16H28O/c1-14(2)12-10-8-6-5-7-9-11-13-16(17)15(3)4/h14-15H,5-9,11,13H2,1-4H3. The van der Waals surface area contributed by atoms with E-state index in [4.69, 9.17) is 0 Å². The average Bonchev–Trinajstić information content (AvgIpc) is 2.25. The second kappa shape index (κ2) is 10.4. The summed E-state index contributed by atoms with van der Waals surface area (Å²) in [7, 11) is 0. The van der Waals surface area contributed by atoms with Gasteiger partial charge >= 0.3 is 0 Å². The zero-order chi connectivity index (χ0) is 13.1. The lowest BCUT2D eigenvalue weighted by Crippen LogP contribution is -2.05. The molecule has 0 radical (unpaired) electrons. The van der Waals surface area contributed by atoms with Crippen LogP contribution in [0.5, 0.6) is 0 Å². The number of ketones is 1. The topological polar surface area (TPSA) is 17.1 Å². The van der Waals surface area contributed by atoms with Crippen molar-refractivity contribution in [3.05, 3.63) is 0 Å². The van der Waals surface area contributed by atoms with Gasteiger partial charge in [0.05, 0.1) is 0 Å². The van der Waals surface area contributed by atoms with Gasteiger partial charge in [0, 0.05) is 24.7 Å². The number of carbonyl (C=O) groups is 1. The Labute approximate surface area is 107 Å². The van der Waals surface area contributed by atoms with Gasteiger partial charge in [-0.15, -0.1) is 11.8 Å². The van der Waals surface area contributed by atoms with Crippen LogP contribution in [-0.4, -0.2) is 5.78 Å². The van der Waals surface area contributed by atoms with Crippen LogP contribution in [0.15, 0.2) is 0 Å². The van der Waals surface area contributed by atoms with Crippen LogP contribution >= 0.6 is 0 Å². The Hall–Kier alpha value is -0.770. The molecular formula is C16H28O. The summed E-state index contributed by atoms with van der Waals surface area (Å²) in [6.07, 6.45) is 7.76. The molecule has 0 unspecified atom stereocenters. The molecule has 98 valence electrons. The minimum Gasteiger partial charge on any atom is -0.299 e. The SMILES string of the molecule is CC(C)C#CCCCCCCCC(=O)C(C)C. The molecule has 0 aromatic rings. The third-order valence-corrected chi connectivity index (χ3v) is 2.76. The van der Waals surface area contributed by atoms with Gasteiger partial charge in [-0.2, -0.15) is 0 Å². The smallest absolute Gasteiger partial charge is 0.135 e. The van der Waals surface area contributed by atoms with Gasteiger partial charge in [0.25, 0.3) is 0 Å². The second-order valence-electron chi connectivity index (χ2n) is 5.36. The van der Waals surface area contributed by atoms with Gasteiger partial charge in [0.15, 0.2) is 0 Å². The van der Waals surface area contributed by atoms with E-state index >= 15 is 0 Å². The first kappa shape index (κ1) is 16.2. The van der Waals surface area contributed by atoms with Crippen LogP contribution in [-0.2, 0) is 4.79 Å². The monoisotopic (exact) mass is 236 g/mol. The fraction of sp³-hybridized carbons (Fsp3) is 0.812. The molecule has 0 saturated carbocycles. The van der Waals surface area contributed by atoms with E-state index in [0.29, 0.717) is 11.7 Å². The molecule has 0 aromatic heterocycles. The van der Waals surface area contributed by atoms with Crippen molar-refractivity contribution in [3.63, 3.8) is 0 Å². The van der Waals surface area contributed by atoms with Crippen molar-refractivity contribution in [3.8, 4) is 11.8 Å². The van der Waals surface area contributed by atoms with Crippen LogP contribution in [0.3, 0.4) is 0 Å². The molecule has 1 nitrogen and oxygen atoms in total. The number of Topliss-reactive ketones (excluding diaryl/α,β-unsaturated/α-hetero) is 1. The third-order valence-electron chi connectivity index (χ3n) is 2.76. The average molecular weight is 236 g/mol. The third kappa shape index (κ3) is 11.5. The number of rotatable bonds is 8. The van der Waals surface area contributed by atoms with Crippen LogP contribution in [0.25, 0.3) is 0 Å². The molecule has 0 saturated heterocycles. The molecule has 0 fully saturated rings. The van der Waals surface area contributed by atoms with Gasteiger partial charge in [-0.1, -0.05) is 47.0 Å². The first-order chi connectivity index (χ1) is 8.04. The minimum atomic E-state index is 0.210. The molecule has 0 heterocycles. The van der Waals surface area contributed by atoms with Crippen LogP contribution in [0.2, 0.25) is 0 Å². The van der Waals surface area contributed by atoms with Crippen molar-refractivity contribution in [2.75, 3.05) is 0 Å². The van der Waals surface area contributed by atoms with Crippen molar-refractivity contribution in [2.24, 2.45) is 11.8 Å². The van der Waals surface area contributed by atoms with Gasteiger partial charge in [-0.3, -0.25) is 4.79 Å². The Morgan fingerprint density at radius 1 is 0.941 bits per heavy atom. The normalized spacial score (nSPS) is 10.5. The second-order valence-corrected chi connectivity index (χ2v) is 5.36. The number of hydrogen-bond donors (Lipinski definition) is 0. The molecule has 0 atom stereocenters. The molecule has 0 N–H and O–H groups in total. The summed E-state index contributed by atoms with van der Waals surface area (Å²) in [4.78, 5) is 11.4. The summed E-state index contributed by atoms with van der Waals surface area (Å²) in [5, 5.41) is 0. The van der Waals surface area contributed by atoms with E-state index in [2.05, 4.69) is 25.7 Å². The van der Waals surface area contributed by atoms with Crippen molar-refractivity contribution in [1.82, 2.24) is 0 Å². The van der Waals surface area contributed by atoms with Gasteiger partial charge in [0.1, 0.15) is 5.78 Å². The van der Waals surface area contributed by atoms with Crippen LogP contribution in [0.4, 0.5) is 0 Å². The molecule has 0 spiro atoms. The summed E-state index contributed by atoms with van der Waals surface area (Å²) in [6.45, 7) is 8.21. The van der Waals surface area contributed by atoms with Crippen molar-refractivity contribution in [1.29, 1.82) is 0 Å². The molecule has 0 rings (SSSR count). The van der Waals surface area contributed by atoms with E-state index in [-0.39, 0.29) is 5.92 Å². The molecule has 0 amide bonds. The first-order valence-corrected chi connectivity index (χ1v) is 7.05. The summed E-state index contributed by atoms with van der Waals surface area (Å²) in [6, 6.07) is 0. The van der Waals surface area contributed by atoms with Crippen LogP contribution in [0, 0.1) is 23.7 Å². The fourth-order valence-electron chi connectivity index (χ4n) is 1.61. The van der Waals surface area contributed by atoms with E-state index in [1.165, 1.54) is 25.7 Å². The molecule has 1 heteroatoms. The number of hydrogen-bond acceptors (Lipinski definition) is 1. The molecule has 0 aromatic carbocycles. The Morgan fingerprint density at radius 2 is 1.53 bits per heavy atom. The highest BCUT2D eigenvalue weighted by Crippen LogP contribution is 2.09. The number of unbranched alkanes of at least 4 members (excludes halogenated alkanes) is 5. The maximum atomic E-state index is 11.4. The van der Waals surface area contributed by atoms with Crippen LogP contribution in [0.1, 0.15) is 72.6 Å². The van der Waals surface area contributed by atoms with Crippen molar-refractivity contribution in [2.45, 2.75) is 72.6 Å². The Kier molecular flexibility index (Phi) is 9.92. The molecule has 0 bridgehead atoms. The van der Waals surface area contributed by atoms with Gasteiger partial charge in [-0.05, 0) is 12.8 Å². The Morgan fingerprint density at radius 3 is 2.12 bits per heavy atom. The largest absolute Gasteiger partial charge is 0.299 e. The predicted octanol–water partition coefficient (Wildman–Crippen LogP) is 4.60. The Bertz CT molecular complexity index is 252. The predicted molar refractivity (Wildman–Crippen MR) is 74.8 cm³/mol. The van der Waals surface area contributed by atoms with E-state index in [1.807, 2.05) is 13.8 Å². The minimum absolute atomic E-state index is 0.210. The van der Waals surface area contributed by atoms with Gasteiger partial charge in [0.2, 0.25) is 0 Å². The van der Waals surface area contributed by atoms with Crippen molar-refractivity contribution >= 4 is 5.78 Å². The summed E-state index contributed by atoms with van der Waals surface area (Å²) >= 11 is 0. The zero-order valence-corrected chi connectivity index (χ0v) is 12.0. The van der Waals surface area contributed by atoms with E-state index in [1.54, 1.807) is 0 Å². The van der Waals surface area contributed by atoms with Gasteiger partial charge in [-0.25, -0.2) is 0 Å². The lowest BCUT2D eigenvalue weighted by Gasteiger charge is -2.03. The summed E-state index contributed by atoms with van der Waals surface area (Å²) in [5.41, 5.74) is 0. The van der Waals surface area contributed by atoms with E-state index in [9.17, 15) is 4.79 Å². The molecular weight excluding hydrogens is 208 g/mol. The van der Waals surface area contributed by atoms with Crippen molar-refractivity contribution < 1.29 is 4.79 Å². The molecule has 0 aliphatic rings. The molecule has 0 aliphatic heterocycles. The zero-order valence-electron chi connectivity index (χ0n) is 12.0. The summed E-state index contributed by atoms with van der Waals surface area (Å²) < 4.78 is 0.